The van der Waals surface area contributed by atoms with Gasteiger partial charge in [0, 0.05) is 44.8 Å². The lowest BCUT2D eigenvalue weighted by molar-refractivity contribution is -0.128. The second-order valence-electron chi connectivity index (χ2n) is 11.5. The summed E-state index contributed by atoms with van der Waals surface area (Å²) in [5.74, 6) is 1.87. The van der Waals surface area contributed by atoms with Crippen molar-refractivity contribution in [3.8, 4) is 12.1 Å². The van der Waals surface area contributed by atoms with Gasteiger partial charge in [0.2, 0.25) is 5.91 Å². The summed E-state index contributed by atoms with van der Waals surface area (Å²) in [5.41, 5.74) is 3.27. The number of allylic oxidation sites excluding steroid dienone is 2. The molecule has 4 aliphatic rings. The summed E-state index contributed by atoms with van der Waals surface area (Å²) in [5, 5.41) is 9.51. The molecule has 3 fully saturated rings. The maximum absolute atomic E-state index is 12.5. The number of ether oxygens (including phenoxy) is 3. The number of hydrogen-bond acceptors (Lipinski definition) is 9. The molecule has 0 aromatic carbocycles. The van der Waals surface area contributed by atoms with Crippen LogP contribution in [0.25, 0.3) is 0 Å². The minimum Gasteiger partial charge on any atom is -0.462 e. The van der Waals surface area contributed by atoms with Crippen molar-refractivity contribution in [2.45, 2.75) is 69.7 Å². The number of likely N-dealkylation sites (N-methyl/N-ethyl adjacent to an activating group) is 1. The van der Waals surface area contributed by atoms with Crippen molar-refractivity contribution in [2.75, 3.05) is 58.5 Å². The van der Waals surface area contributed by atoms with Gasteiger partial charge in [0.05, 0.1) is 49.0 Å². The van der Waals surface area contributed by atoms with E-state index in [9.17, 15) is 10.1 Å². The average molecular weight is 576 g/mol. The van der Waals surface area contributed by atoms with Gasteiger partial charge in [0.15, 0.2) is 0 Å². The quantitative estimate of drug-likeness (QED) is 0.390. The average Bonchev–Trinajstić information content (AvgIpc) is 3.43. The smallest absolute Gasteiger partial charge is 0.318 e. The summed E-state index contributed by atoms with van der Waals surface area (Å²) in [6.07, 6.45) is 12.2. The Morgan fingerprint density at radius 3 is 2.86 bits per heavy atom. The van der Waals surface area contributed by atoms with Gasteiger partial charge < -0.3 is 28.9 Å². The minimum atomic E-state index is -0.246. The van der Waals surface area contributed by atoms with Crippen molar-refractivity contribution in [1.29, 1.82) is 5.26 Å². The lowest BCUT2D eigenvalue weighted by Crippen LogP contribution is -2.55. The number of rotatable bonds is 10. The lowest BCUT2D eigenvalue weighted by Gasteiger charge is -2.41. The maximum Gasteiger partial charge on any atom is 0.318 e. The molecule has 1 aliphatic carbocycles. The molecule has 0 saturated carbocycles. The molecule has 3 unspecified atom stereocenters. The molecule has 225 valence electrons. The van der Waals surface area contributed by atoms with Crippen LogP contribution in [-0.4, -0.2) is 104 Å². The first-order chi connectivity index (χ1) is 20.4. The summed E-state index contributed by atoms with van der Waals surface area (Å²) >= 11 is 0. The number of carbonyl (C=O) groups is 1. The minimum absolute atomic E-state index is 0.0285. The van der Waals surface area contributed by atoms with Crippen molar-refractivity contribution in [1.82, 2.24) is 19.8 Å². The highest BCUT2D eigenvalue weighted by atomic mass is 16.5. The normalized spacial score (nSPS) is 26.5. The number of nitrogens with zero attached hydrogens (tertiary/aromatic N) is 6. The molecule has 0 bridgehead atoms. The van der Waals surface area contributed by atoms with E-state index in [0.717, 1.165) is 49.3 Å². The summed E-state index contributed by atoms with van der Waals surface area (Å²) in [4.78, 5) is 28.7. The van der Waals surface area contributed by atoms with E-state index in [0.29, 0.717) is 51.3 Å². The number of likely N-dealkylation sites (tertiary alicyclic amines) is 1. The van der Waals surface area contributed by atoms with Crippen molar-refractivity contribution >= 4 is 11.7 Å². The number of aromatic nitrogens is 2. The Morgan fingerprint density at radius 1 is 1.29 bits per heavy atom. The van der Waals surface area contributed by atoms with Gasteiger partial charge >= 0.3 is 6.01 Å². The van der Waals surface area contributed by atoms with Crippen LogP contribution in [0.2, 0.25) is 0 Å². The van der Waals surface area contributed by atoms with Crippen molar-refractivity contribution in [3.63, 3.8) is 0 Å². The topological polar surface area (TPSA) is 104 Å². The Labute approximate surface area is 249 Å². The molecule has 0 spiro atoms. The van der Waals surface area contributed by atoms with Crippen LogP contribution < -0.4 is 9.64 Å². The van der Waals surface area contributed by atoms with Crippen LogP contribution in [0.4, 0.5) is 5.82 Å². The first-order valence-electron chi connectivity index (χ1n) is 15.1. The predicted molar refractivity (Wildman–Crippen MR) is 160 cm³/mol. The molecule has 3 aliphatic heterocycles. The van der Waals surface area contributed by atoms with Crippen LogP contribution in [0.15, 0.2) is 36.5 Å². The Kier molecular flexibility index (Phi) is 9.93. The number of anilines is 1. The molecule has 1 amide bonds. The number of nitriles is 1. The number of methoxy groups -OCH3 is 1. The van der Waals surface area contributed by atoms with E-state index in [1.54, 1.807) is 12.0 Å². The Balaban J connectivity index is 1.42. The van der Waals surface area contributed by atoms with E-state index in [-0.39, 0.29) is 30.6 Å². The van der Waals surface area contributed by atoms with Crippen LogP contribution in [0.1, 0.15) is 43.9 Å². The van der Waals surface area contributed by atoms with Crippen LogP contribution >= 0.6 is 0 Å². The van der Waals surface area contributed by atoms with Gasteiger partial charge in [-0.2, -0.15) is 15.2 Å². The van der Waals surface area contributed by atoms with Gasteiger partial charge in [-0.3, -0.25) is 4.79 Å². The van der Waals surface area contributed by atoms with Gasteiger partial charge in [0.1, 0.15) is 12.4 Å². The standard InChI is InChI=1S/C32H43N6O4/c1-5-26-28(18-25-17-22-9-7-11-29(40-4)27(22)21-41-25)34-32(42-20-24-10-8-14-36(24)3)35-31(26)37-15-16-38(30(39)6-2)23(19-37)12-13-33/h6-7,9,11,23-25,29H,2,5,8,10,12,14-21H2,1,3-4H3/t23?,24?,25-,29?/m0/s1. The Morgan fingerprint density at radius 2 is 2.14 bits per heavy atom. The number of carbonyl (C=O) groups excluding carboxylic acids is 1. The van der Waals surface area contributed by atoms with Crippen LogP contribution in [0.5, 0.6) is 6.01 Å². The van der Waals surface area contributed by atoms with Gasteiger partial charge in [0.25, 0.3) is 0 Å². The Hall–Kier alpha value is -3.26. The van der Waals surface area contributed by atoms with E-state index in [2.05, 4.69) is 54.6 Å². The molecule has 1 aromatic heterocycles. The van der Waals surface area contributed by atoms with E-state index in [1.807, 2.05) is 0 Å². The molecule has 3 saturated heterocycles. The maximum atomic E-state index is 12.5. The molecule has 1 aromatic rings. The van der Waals surface area contributed by atoms with Crippen molar-refractivity contribution in [3.05, 3.63) is 53.6 Å². The summed E-state index contributed by atoms with van der Waals surface area (Å²) in [7, 11) is 3.86. The monoisotopic (exact) mass is 575 g/mol. The molecule has 42 heavy (non-hydrogen) atoms. The highest BCUT2D eigenvalue weighted by Crippen LogP contribution is 2.36. The molecule has 1 radical (unpaired) electrons. The predicted octanol–water partition coefficient (Wildman–Crippen LogP) is 3.05. The third kappa shape index (κ3) is 6.54. The zero-order valence-electron chi connectivity index (χ0n) is 25.1. The van der Waals surface area contributed by atoms with Gasteiger partial charge in [-0.25, -0.2) is 0 Å². The zero-order valence-corrected chi connectivity index (χ0v) is 25.1. The fourth-order valence-electron chi connectivity index (χ4n) is 6.58. The first-order valence-corrected chi connectivity index (χ1v) is 15.1. The van der Waals surface area contributed by atoms with Gasteiger partial charge in [-0.15, -0.1) is 0 Å². The van der Waals surface area contributed by atoms with Crippen molar-refractivity contribution < 1.29 is 19.0 Å². The molecule has 4 heterocycles. The van der Waals surface area contributed by atoms with E-state index in [4.69, 9.17) is 24.2 Å². The highest BCUT2D eigenvalue weighted by molar-refractivity contribution is 5.87. The van der Waals surface area contributed by atoms with Crippen LogP contribution in [0, 0.1) is 17.2 Å². The number of piperazine rings is 1. The lowest BCUT2D eigenvalue weighted by atomic mass is 9.83. The largest absolute Gasteiger partial charge is 0.462 e. The fraction of sp³-hybridized carbons (Fsp3) is 0.594. The number of amides is 1. The van der Waals surface area contributed by atoms with Gasteiger partial charge in [-0.1, -0.05) is 37.3 Å². The molecular formula is C32H43N6O4. The number of fused-ring (bicyclic) bond motifs is 1. The second-order valence-corrected chi connectivity index (χ2v) is 11.5. The second kappa shape index (κ2) is 13.8. The van der Waals surface area contributed by atoms with Gasteiger partial charge in [-0.05, 0) is 45.4 Å². The van der Waals surface area contributed by atoms with E-state index in [1.165, 1.54) is 17.6 Å². The molecule has 0 N–H and O–H groups in total. The van der Waals surface area contributed by atoms with Crippen molar-refractivity contribution in [2.24, 2.45) is 0 Å². The molecule has 10 heteroatoms. The van der Waals surface area contributed by atoms with E-state index < -0.39 is 0 Å². The SMILES string of the molecule is C=CC(=O)N1CCN(c2nc(OCC3CCCN3C)nc(C[C@@H]3CC4=CC=CC(OC)[C]4CO3)c2CC)CC1CC#N. The highest BCUT2D eigenvalue weighted by Gasteiger charge is 2.35. The Bertz CT molecular complexity index is 1240. The molecule has 5 rings (SSSR count). The van der Waals surface area contributed by atoms with Crippen LogP contribution in [0.3, 0.4) is 0 Å². The third-order valence-corrected chi connectivity index (χ3v) is 8.98. The molecule has 10 nitrogen and oxygen atoms in total. The fourth-order valence-corrected chi connectivity index (χ4v) is 6.58. The number of hydrogen-bond donors (Lipinski definition) is 0. The van der Waals surface area contributed by atoms with E-state index >= 15 is 0 Å². The third-order valence-electron chi connectivity index (χ3n) is 8.98. The zero-order chi connectivity index (χ0) is 29.6. The molecular weight excluding hydrogens is 532 g/mol. The summed E-state index contributed by atoms with van der Waals surface area (Å²) in [6, 6.07) is 2.73. The summed E-state index contributed by atoms with van der Waals surface area (Å²) < 4.78 is 18.3. The first kappa shape index (κ1) is 30.2. The molecule has 4 atom stereocenters. The summed E-state index contributed by atoms with van der Waals surface area (Å²) in [6.45, 7) is 9.52. The van der Waals surface area contributed by atoms with Crippen LogP contribution in [-0.2, 0) is 27.1 Å².